The molecule has 2 aromatic heterocycles. The molecule has 0 saturated carbocycles. The first-order valence-electron chi connectivity index (χ1n) is 11.3. The van der Waals surface area contributed by atoms with Gasteiger partial charge in [-0.05, 0) is 30.2 Å². The van der Waals surface area contributed by atoms with Crippen LogP contribution in [-0.4, -0.2) is 44.2 Å². The number of benzene rings is 2. The van der Waals surface area contributed by atoms with Gasteiger partial charge in [0.15, 0.2) is 11.5 Å². The summed E-state index contributed by atoms with van der Waals surface area (Å²) in [4.78, 5) is 3.95. The van der Waals surface area contributed by atoms with Crippen molar-refractivity contribution in [3.8, 4) is 0 Å². The zero-order chi connectivity index (χ0) is 24.5. The van der Waals surface area contributed by atoms with Crippen LogP contribution < -0.4 is 5.73 Å². The van der Waals surface area contributed by atoms with Gasteiger partial charge >= 0.3 is 0 Å². The Morgan fingerprint density at radius 2 is 1.69 bits per heavy atom. The number of ether oxygens (including phenoxy) is 3. The molecule has 8 nitrogen and oxygen atoms in total. The molecule has 3 N–H and O–H groups in total. The molecule has 182 valence electrons. The van der Waals surface area contributed by atoms with E-state index in [1.54, 1.807) is 6.07 Å². The lowest BCUT2D eigenvalue weighted by Crippen LogP contribution is -2.50. The summed E-state index contributed by atoms with van der Waals surface area (Å²) in [5, 5.41) is 15.8. The lowest BCUT2D eigenvalue weighted by atomic mass is 9.89. The maximum atomic E-state index is 16.6. The van der Waals surface area contributed by atoms with Crippen molar-refractivity contribution in [2.24, 2.45) is 0 Å². The smallest absolute Gasteiger partial charge is 0.248 e. The number of halogens is 1. The molecule has 35 heavy (non-hydrogen) atoms. The minimum atomic E-state index is -2.37. The van der Waals surface area contributed by atoms with Crippen LogP contribution in [-0.2, 0) is 33.2 Å². The molecule has 4 aromatic rings. The number of hydrogen-bond acceptors (Lipinski definition) is 7. The highest BCUT2D eigenvalue weighted by molar-refractivity contribution is 5.65. The third-order valence-corrected chi connectivity index (χ3v) is 6.35. The second-order valence-corrected chi connectivity index (χ2v) is 8.75. The number of hydrogen-bond donors (Lipinski definition) is 2. The van der Waals surface area contributed by atoms with Crippen molar-refractivity contribution in [2.45, 2.75) is 43.8 Å². The van der Waals surface area contributed by atoms with Gasteiger partial charge < -0.3 is 25.1 Å². The van der Waals surface area contributed by atoms with Gasteiger partial charge in [-0.3, -0.25) is 0 Å². The van der Waals surface area contributed by atoms with Crippen molar-refractivity contribution in [1.29, 1.82) is 0 Å². The molecule has 1 aliphatic rings. The molecule has 0 radical (unpaired) electrons. The molecule has 5 rings (SSSR count). The molecule has 1 unspecified atom stereocenters. The molecular weight excluding hydrogens is 451 g/mol. The number of aliphatic hydroxyl groups is 1. The Hall–Kier alpha value is -3.37. The summed E-state index contributed by atoms with van der Waals surface area (Å²) in [7, 11) is 0. The summed E-state index contributed by atoms with van der Waals surface area (Å²) >= 11 is 0. The van der Waals surface area contributed by atoms with E-state index in [0.29, 0.717) is 12.1 Å². The van der Waals surface area contributed by atoms with E-state index in [4.69, 9.17) is 19.9 Å². The first-order chi connectivity index (χ1) is 16.9. The van der Waals surface area contributed by atoms with Gasteiger partial charge in [-0.25, -0.2) is 13.9 Å². The summed E-state index contributed by atoms with van der Waals surface area (Å²) in [6.07, 6.45) is -0.788. The van der Waals surface area contributed by atoms with E-state index in [0.717, 1.165) is 11.1 Å². The normalized spacial score (nSPS) is 26.4. The first-order valence-corrected chi connectivity index (χ1v) is 11.3. The molecule has 9 heteroatoms. The molecule has 0 amide bonds. The number of aromatic nitrogens is 3. The SMILES string of the molecule is C[C@@]1(F)[C@H](OCc2ccccc2)[C@@H](COCc2ccccc2)OC1(O)c1ccc2c(N)ncnn12. The predicted molar refractivity (Wildman–Crippen MR) is 127 cm³/mol. The fourth-order valence-corrected chi connectivity index (χ4v) is 4.47. The Kier molecular flexibility index (Phi) is 6.24. The van der Waals surface area contributed by atoms with E-state index >= 15 is 4.39 Å². The lowest BCUT2D eigenvalue weighted by molar-refractivity contribution is -0.258. The van der Waals surface area contributed by atoms with Crippen molar-refractivity contribution in [3.05, 3.63) is 95.9 Å². The number of nitrogens with two attached hydrogens (primary N) is 1. The van der Waals surface area contributed by atoms with Gasteiger partial charge in [0, 0.05) is 0 Å². The third kappa shape index (κ3) is 4.28. The number of alkyl halides is 1. The largest absolute Gasteiger partial charge is 0.382 e. The number of nitrogens with zero attached hydrogens (tertiary/aromatic N) is 3. The van der Waals surface area contributed by atoms with Crippen LogP contribution in [0.1, 0.15) is 23.7 Å². The molecule has 0 bridgehead atoms. The average Bonchev–Trinajstić information content (AvgIpc) is 3.38. The van der Waals surface area contributed by atoms with Crippen molar-refractivity contribution in [2.75, 3.05) is 12.3 Å². The van der Waals surface area contributed by atoms with Crippen LogP contribution in [0.3, 0.4) is 0 Å². The zero-order valence-electron chi connectivity index (χ0n) is 19.3. The number of nitrogen functional groups attached to an aromatic ring is 1. The minimum absolute atomic E-state index is 0.0105. The highest BCUT2D eigenvalue weighted by atomic mass is 19.1. The van der Waals surface area contributed by atoms with Gasteiger partial charge in [-0.15, -0.1) is 0 Å². The fraction of sp³-hybridized carbons (Fsp3) is 0.308. The van der Waals surface area contributed by atoms with Gasteiger partial charge in [-0.2, -0.15) is 5.10 Å². The van der Waals surface area contributed by atoms with Crippen molar-refractivity contribution < 1.29 is 23.7 Å². The van der Waals surface area contributed by atoms with Crippen LogP contribution in [0.5, 0.6) is 0 Å². The third-order valence-electron chi connectivity index (χ3n) is 6.35. The first kappa shape index (κ1) is 23.4. The Bertz CT molecular complexity index is 1280. The van der Waals surface area contributed by atoms with Gasteiger partial charge in [0.1, 0.15) is 29.7 Å². The molecule has 1 saturated heterocycles. The van der Waals surface area contributed by atoms with E-state index < -0.39 is 23.7 Å². The summed E-state index contributed by atoms with van der Waals surface area (Å²) in [6.45, 7) is 1.73. The molecule has 4 atom stereocenters. The second kappa shape index (κ2) is 9.35. The van der Waals surface area contributed by atoms with Crippen molar-refractivity contribution >= 4 is 11.3 Å². The van der Waals surface area contributed by atoms with E-state index in [1.165, 1.54) is 23.8 Å². The van der Waals surface area contributed by atoms with E-state index in [1.807, 2.05) is 60.7 Å². The minimum Gasteiger partial charge on any atom is -0.382 e. The van der Waals surface area contributed by atoms with Crippen LogP contribution in [0.2, 0.25) is 0 Å². The monoisotopic (exact) mass is 478 g/mol. The maximum absolute atomic E-state index is 16.6. The van der Waals surface area contributed by atoms with Gasteiger partial charge in [0.2, 0.25) is 5.79 Å². The number of rotatable bonds is 8. The molecule has 3 heterocycles. The summed E-state index contributed by atoms with van der Waals surface area (Å²) in [6, 6.07) is 22.2. The topological polar surface area (TPSA) is 104 Å². The van der Waals surface area contributed by atoms with Gasteiger partial charge in [0.05, 0.1) is 19.8 Å². The molecule has 0 aliphatic carbocycles. The van der Waals surface area contributed by atoms with Crippen LogP contribution in [0.4, 0.5) is 10.2 Å². The van der Waals surface area contributed by atoms with Crippen LogP contribution in [0, 0.1) is 0 Å². The standard InChI is InChI=1S/C26H27FN4O4/c1-25(27)23(34-15-19-10-6-3-7-11-19)21(16-33-14-18-8-4-2-5-9-18)35-26(25,32)22-13-12-20-24(28)29-17-30-31(20)22/h2-13,17,21,23,32H,14-16H2,1H3,(H2,28,29,30)/t21-,23-,25-,26?/m1/s1. The quantitative estimate of drug-likeness (QED) is 0.400. The molecule has 1 aliphatic heterocycles. The fourth-order valence-electron chi connectivity index (χ4n) is 4.47. The Balaban J connectivity index is 1.44. The van der Waals surface area contributed by atoms with Crippen molar-refractivity contribution in [1.82, 2.24) is 14.6 Å². The summed E-state index contributed by atoms with van der Waals surface area (Å²) in [5.41, 5.74) is 5.94. The van der Waals surface area contributed by atoms with Gasteiger partial charge in [-0.1, -0.05) is 60.7 Å². The van der Waals surface area contributed by atoms with E-state index in [9.17, 15) is 5.11 Å². The lowest BCUT2D eigenvalue weighted by Gasteiger charge is -2.33. The average molecular weight is 479 g/mol. The predicted octanol–water partition coefficient (Wildman–Crippen LogP) is 3.39. The second-order valence-electron chi connectivity index (χ2n) is 8.75. The molecular formula is C26H27FN4O4. The van der Waals surface area contributed by atoms with Crippen molar-refractivity contribution in [3.63, 3.8) is 0 Å². The van der Waals surface area contributed by atoms with E-state index in [-0.39, 0.29) is 24.7 Å². The summed E-state index contributed by atoms with van der Waals surface area (Å²) in [5.74, 6) is -2.17. The highest BCUT2D eigenvalue weighted by Gasteiger charge is 2.67. The Labute approximate surface area is 202 Å². The Morgan fingerprint density at radius 1 is 1.03 bits per heavy atom. The number of fused-ring (bicyclic) bond motifs is 1. The maximum Gasteiger partial charge on any atom is 0.248 e. The highest BCUT2D eigenvalue weighted by Crippen LogP contribution is 2.49. The Morgan fingerprint density at radius 3 is 2.37 bits per heavy atom. The van der Waals surface area contributed by atoms with Gasteiger partial charge in [0.25, 0.3) is 0 Å². The molecule has 0 spiro atoms. The van der Waals surface area contributed by atoms with Crippen LogP contribution in [0.15, 0.2) is 79.1 Å². The number of anilines is 1. The van der Waals surface area contributed by atoms with Crippen LogP contribution in [0.25, 0.3) is 5.52 Å². The van der Waals surface area contributed by atoms with E-state index in [2.05, 4.69) is 10.1 Å². The van der Waals surface area contributed by atoms with Crippen LogP contribution >= 0.6 is 0 Å². The molecule has 2 aromatic carbocycles. The molecule has 1 fully saturated rings. The summed E-state index contributed by atoms with van der Waals surface area (Å²) < 4.78 is 35.8. The zero-order valence-corrected chi connectivity index (χ0v) is 19.3.